The zero-order valence-electron chi connectivity index (χ0n) is 18.8. The van der Waals surface area contributed by atoms with Gasteiger partial charge in [-0.1, -0.05) is 55.7 Å². The van der Waals surface area contributed by atoms with Crippen LogP contribution in [0.2, 0.25) is 0 Å². The molecule has 1 aliphatic carbocycles. The smallest absolute Gasteiger partial charge is 0.258 e. The third-order valence-electron chi connectivity index (χ3n) is 5.88. The van der Waals surface area contributed by atoms with Crippen LogP contribution in [0.4, 0.5) is 5.69 Å². The van der Waals surface area contributed by atoms with Gasteiger partial charge in [0.05, 0.1) is 23.4 Å². The van der Waals surface area contributed by atoms with E-state index in [1.165, 1.54) is 61.1 Å². The molecule has 0 bridgehead atoms. The number of hydrogen-bond acceptors (Lipinski definition) is 5. The van der Waals surface area contributed by atoms with Crippen LogP contribution in [0.5, 0.6) is 0 Å². The highest BCUT2D eigenvalue weighted by molar-refractivity contribution is 7.07. The number of hydrogen-bond donors (Lipinski definition) is 0. The zero-order valence-corrected chi connectivity index (χ0v) is 19.6. The normalized spacial score (nSPS) is 15.2. The molecule has 0 spiro atoms. The van der Waals surface area contributed by atoms with E-state index in [0.717, 1.165) is 27.2 Å². The van der Waals surface area contributed by atoms with E-state index in [1.807, 2.05) is 11.6 Å². The fourth-order valence-electron chi connectivity index (χ4n) is 4.09. The lowest BCUT2D eigenvalue weighted by Crippen LogP contribution is -2.13. The van der Waals surface area contributed by atoms with Gasteiger partial charge in [0.2, 0.25) is 4.80 Å². The van der Waals surface area contributed by atoms with E-state index in [2.05, 4.69) is 46.3 Å². The number of aromatic nitrogens is 1. The maximum atomic E-state index is 10.9. The third kappa shape index (κ3) is 5.73. The minimum atomic E-state index is -0.405. The zero-order chi connectivity index (χ0) is 23.2. The van der Waals surface area contributed by atoms with Gasteiger partial charge in [0, 0.05) is 23.1 Å². The summed E-state index contributed by atoms with van der Waals surface area (Å²) in [4.78, 5) is 16.0. The molecule has 7 heteroatoms. The first-order valence-corrected chi connectivity index (χ1v) is 12.1. The van der Waals surface area contributed by atoms with Crippen molar-refractivity contribution in [1.29, 1.82) is 0 Å². The van der Waals surface area contributed by atoms with Gasteiger partial charge < -0.3 is 0 Å². The van der Waals surface area contributed by atoms with Crippen molar-refractivity contribution in [3.63, 3.8) is 0 Å². The number of nitrogens with zero attached hydrogens (tertiary/aromatic N) is 4. The van der Waals surface area contributed by atoms with Crippen LogP contribution in [-0.2, 0) is 0 Å². The van der Waals surface area contributed by atoms with Gasteiger partial charge in [0.25, 0.3) is 5.69 Å². The molecule has 0 amide bonds. The van der Waals surface area contributed by atoms with E-state index in [4.69, 9.17) is 0 Å². The molecule has 3 aromatic rings. The fourth-order valence-corrected chi connectivity index (χ4v) is 4.93. The van der Waals surface area contributed by atoms with Crippen molar-refractivity contribution >= 4 is 23.2 Å². The molecule has 0 unspecified atom stereocenters. The van der Waals surface area contributed by atoms with Crippen LogP contribution in [0.25, 0.3) is 11.3 Å². The van der Waals surface area contributed by atoms with Crippen LogP contribution in [-0.4, -0.2) is 22.4 Å². The Bertz CT molecular complexity index is 1210. The second kappa shape index (κ2) is 10.5. The molecule has 0 aliphatic heterocycles. The molecule has 0 N–H and O–H groups in total. The van der Waals surface area contributed by atoms with Crippen molar-refractivity contribution < 1.29 is 4.92 Å². The Labute approximate surface area is 197 Å². The summed E-state index contributed by atoms with van der Waals surface area (Å²) in [5.41, 5.74) is 5.29. The maximum absolute atomic E-state index is 10.9. The number of nitro benzene ring substituents is 1. The Balaban J connectivity index is 1.66. The summed E-state index contributed by atoms with van der Waals surface area (Å²) < 4.78 is 1.84. The lowest BCUT2D eigenvalue weighted by Gasteiger charge is -2.22. The molecule has 6 nitrogen and oxygen atoms in total. The highest BCUT2D eigenvalue weighted by Crippen LogP contribution is 2.33. The Morgan fingerprint density at radius 1 is 1.15 bits per heavy atom. The largest absolute Gasteiger partial charge is 0.269 e. The van der Waals surface area contributed by atoms with Gasteiger partial charge in [-0.05, 0) is 48.9 Å². The molecule has 1 heterocycles. The van der Waals surface area contributed by atoms with Crippen molar-refractivity contribution in [3.8, 4) is 11.3 Å². The van der Waals surface area contributed by atoms with E-state index in [0.29, 0.717) is 12.5 Å². The van der Waals surface area contributed by atoms with Gasteiger partial charge in [-0.25, -0.2) is 4.68 Å². The first kappa shape index (κ1) is 22.9. The Hall–Kier alpha value is -3.32. The maximum Gasteiger partial charge on any atom is 0.269 e. The van der Waals surface area contributed by atoms with Crippen molar-refractivity contribution in [3.05, 3.63) is 92.1 Å². The fraction of sp³-hybridized carbons (Fsp3) is 0.308. The number of nitro groups is 1. The van der Waals surface area contributed by atoms with Crippen LogP contribution in [0.1, 0.15) is 56.1 Å². The molecule has 2 aromatic carbocycles. The lowest BCUT2D eigenvalue weighted by atomic mass is 9.84. The van der Waals surface area contributed by atoms with Crippen LogP contribution >= 0.6 is 11.3 Å². The predicted octanol–water partition coefficient (Wildman–Crippen LogP) is 6.53. The van der Waals surface area contributed by atoms with Crippen LogP contribution < -0.4 is 4.80 Å². The molecule has 1 aromatic heterocycles. The van der Waals surface area contributed by atoms with Gasteiger partial charge in [0.15, 0.2) is 0 Å². The van der Waals surface area contributed by atoms with E-state index in [1.54, 1.807) is 18.3 Å². The topological polar surface area (TPSA) is 72.8 Å². The lowest BCUT2D eigenvalue weighted by molar-refractivity contribution is -0.384. The standard InChI is InChI=1S/C26H28N4O2S/c1-19(2)16-27-26-29(28-17-20-8-14-24(15-9-20)30(31)32)25(18-33-26)23-12-10-22(11-13-23)21-6-4-3-5-7-21/h8-15,17-18,21H,1,3-7,16H2,2H3. The number of rotatable bonds is 7. The van der Waals surface area contributed by atoms with Gasteiger partial charge >= 0.3 is 0 Å². The summed E-state index contributed by atoms with van der Waals surface area (Å²) in [7, 11) is 0. The first-order valence-electron chi connectivity index (χ1n) is 11.3. The van der Waals surface area contributed by atoms with Crippen LogP contribution in [0, 0.1) is 10.1 Å². The SMILES string of the molecule is C=C(C)CN=c1scc(-c2ccc(C3CCCCC3)cc2)n1N=Cc1ccc([N+](=O)[O-])cc1. The monoisotopic (exact) mass is 460 g/mol. The summed E-state index contributed by atoms with van der Waals surface area (Å²) in [6.45, 7) is 6.43. The summed E-state index contributed by atoms with van der Waals surface area (Å²) in [6.07, 6.45) is 8.26. The molecule has 0 saturated heterocycles. The minimum Gasteiger partial charge on any atom is -0.258 e. The van der Waals surface area contributed by atoms with Crippen molar-refractivity contribution in [2.24, 2.45) is 10.1 Å². The Kier molecular flexibility index (Phi) is 7.29. The van der Waals surface area contributed by atoms with Crippen molar-refractivity contribution in [2.75, 3.05) is 6.54 Å². The van der Waals surface area contributed by atoms with Gasteiger partial charge in [-0.2, -0.15) is 5.10 Å². The Morgan fingerprint density at radius 3 is 2.48 bits per heavy atom. The second-order valence-corrected chi connectivity index (χ2v) is 9.38. The van der Waals surface area contributed by atoms with Crippen molar-refractivity contribution in [2.45, 2.75) is 44.9 Å². The molecule has 4 rings (SSSR count). The molecule has 0 atom stereocenters. The number of thiazole rings is 1. The molecular formula is C26H28N4O2S. The third-order valence-corrected chi connectivity index (χ3v) is 6.73. The van der Waals surface area contributed by atoms with E-state index < -0.39 is 4.92 Å². The quantitative estimate of drug-likeness (QED) is 0.174. The molecule has 1 saturated carbocycles. The number of non-ortho nitro benzene ring substituents is 1. The summed E-state index contributed by atoms with van der Waals surface area (Å²) in [5.74, 6) is 0.670. The molecule has 33 heavy (non-hydrogen) atoms. The van der Waals surface area contributed by atoms with Gasteiger partial charge in [0.1, 0.15) is 0 Å². The minimum absolute atomic E-state index is 0.0613. The molecule has 1 fully saturated rings. The summed E-state index contributed by atoms with van der Waals surface area (Å²) in [6, 6.07) is 15.2. The van der Waals surface area contributed by atoms with Crippen LogP contribution in [0.3, 0.4) is 0 Å². The number of benzene rings is 2. The molecular weight excluding hydrogens is 432 g/mol. The molecule has 1 aliphatic rings. The van der Waals surface area contributed by atoms with E-state index in [-0.39, 0.29) is 5.69 Å². The average molecular weight is 461 g/mol. The first-order chi connectivity index (χ1) is 16.0. The Morgan fingerprint density at radius 2 is 1.85 bits per heavy atom. The summed E-state index contributed by atoms with van der Waals surface area (Å²) >= 11 is 1.54. The summed E-state index contributed by atoms with van der Waals surface area (Å²) in [5, 5.41) is 17.7. The average Bonchev–Trinajstić information content (AvgIpc) is 3.25. The molecule has 170 valence electrons. The van der Waals surface area contributed by atoms with Gasteiger partial charge in [-0.15, -0.1) is 11.3 Å². The van der Waals surface area contributed by atoms with Crippen LogP contribution in [0.15, 0.2) is 76.2 Å². The van der Waals surface area contributed by atoms with E-state index >= 15 is 0 Å². The highest BCUT2D eigenvalue weighted by atomic mass is 32.1. The highest BCUT2D eigenvalue weighted by Gasteiger charge is 2.16. The predicted molar refractivity (Wildman–Crippen MR) is 135 cm³/mol. The van der Waals surface area contributed by atoms with Crippen molar-refractivity contribution in [1.82, 2.24) is 4.68 Å². The second-order valence-electron chi connectivity index (χ2n) is 8.54. The van der Waals surface area contributed by atoms with E-state index in [9.17, 15) is 10.1 Å². The molecule has 0 radical (unpaired) electrons. The van der Waals surface area contributed by atoms with Gasteiger partial charge in [-0.3, -0.25) is 15.1 Å².